The van der Waals surface area contributed by atoms with Gasteiger partial charge in [0, 0.05) is 18.9 Å². The van der Waals surface area contributed by atoms with Gasteiger partial charge in [-0.3, -0.25) is 14.4 Å². The Morgan fingerprint density at radius 2 is 1.88 bits per heavy atom. The molecule has 1 aromatic carbocycles. The maximum absolute atomic E-state index is 12.3. The molecule has 1 rings (SSSR count). The second kappa shape index (κ2) is 15.2. The number of hydrogen-bond acceptors (Lipinski definition) is 6. The molecule has 0 aromatic heterocycles. The fourth-order valence-electron chi connectivity index (χ4n) is 3.22. The third kappa shape index (κ3) is 11.7. The van der Waals surface area contributed by atoms with E-state index in [9.17, 15) is 19.5 Å². The summed E-state index contributed by atoms with van der Waals surface area (Å²) >= 11 is 0. The molecule has 2 amide bonds. The molecule has 0 aliphatic carbocycles. The Balaban J connectivity index is 2.81. The van der Waals surface area contributed by atoms with Gasteiger partial charge in [0.1, 0.15) is 5.75 Å². The summed E-state index contributed by atoms with van der Waals surface area (Å²) in [5.41, 5.74) is 6.51. The molecule has 4 atom stereocenters. The standard InChI is InChI=1S/C24H39N3O6/c1-4-5-11-26-23(31)16(2)13-21(28)20(27-24(32)17(3)25)15-18-8-6-9-19(14-18)33-12-7-10-22(29)30/h6,8-9,14,16-17,20-21,28H,4-5,7,10-13,15,25H2,1-3H3,(H,26,31)(H,27,32)(H,29,30)/t16-,17+,20+,21+/m1/s1. The molecule has 186 valence electrons. The Morgan fingerprint density at radius 3 is 2.52 bits per heavy atom. The predicted octanol–water partition coefficient (Wildman–Crippen LogP) is 1.61. The SMILES string of the molecule is CCCCNC(=O)[C@H](C)C[C@H](O)[C@H](Cc1cccc(OCCCC(=O)O)c1)NC(=O)[C@H](C)N. The smallest absolute Gasteiger partial charge is 0.303 e. The van der Waals surface area contributed by atoms with Crippen LogP contribution in [0.2, 0.25) is 0 Å². The Labute approximate surface area is 196 Å². The van der Waals surface area contributed by atoms with Gasteiger partial charge in [-0.2, -0.15) is 0 Å². The van der Waals surface area contributed by atoms with Crippen LogP contribution < -0.4 is 21.1 Å². The Hall–Kier alpha value is -2.65. The summed E-state index contributed by atoms with van der Waals surface area (Å²) in [4.78, 5) is 35.2. The number of ether oxygens (including phenoxy) is 1. The molecule has 9 nitrogen and oxygen atoms in total. The number of aliphatic carboxylic acids is 1. The van der Waals surface area contributed by atoms with E-state index in [4.69, 9.17) is 15.6 Å². The topological polar surface area (TPSA) is 151 Å². The number of unbranched alkanes of at least 4 members (excludes halogenated alkanes) is 1. The zero-order valence-electron chi connectivity index (χ0n) is 19.9. The van der Waals surface area contributed by atoms with Crippen LogP contribution in [0.5, 0.6) is 5.75 Å². The molecule has 1 aromatic rings. The lowest BCUT2D eigenvalue weighted by Crippen LogP contribution is -2.50. The lowest BCUT2D eigenvalue weighted by atomic mass is 9.93. The molecule has 0 aliphatic rings. The first-order valence-corrected chi connectivity index (χ1v) is 11.6. The Morgan fingerprint density at radius 1 is 1.15 bits per heavy atom. The molecule has 0 saturated carbocycles. The Bertz CT molecular complexity index is 755. The number of carbonyl (C=O) groups excluding carboxylic acids is 2. The van der Waals surface area contributed by atoms with E-state index in [0.29, 0.717) is 25.1 Å². The van der Waals surface area contributed by atoms with Crippen LogP contribution in [-0.4, -0.2) is 59.3 Å². The fourth-order valence-corrected chi connectivity index (χ4v) is 3.22. The minimum Gasteiger partial charge on any atom is -0.494 e. The number of carboxylic acids is 1. The van der Waals surface area contributed by atoms with Crippen LogP contribution >= 0.6 is 0 Å². The molecule has 0 bridgehead atoms. The van der Waals surface area contributed by atoms with E-state index in [1.807, 2.05) is 13.0 Å². The second-order valence-corrected chi connectivity index (χ2v) is 8.45. The molecule has 0 fully saturated rings. The molecule has 0 unspecified atom stereocenters. The first-order chi connectivity index (χ1) is 15.6. The van der Waals surface area contributed by atoms with Gasteiger partial charge in [0.15, 0.2) is 0 Å². The van der Waals surface area contributed by atoms with E-state index in [0.717, 1.165) is 18.4 Å². The van der Waals surface area contributed by atoms with Crippen molar-refractivity contribution >= 4 is 17.8 Å². The monoisotopic (exact) mass is 465 g/mol. The first kappa shape index (κ1) is 28.4. The van der Waals surface area contributed by atoms with Crippen molar-refractivity contribution in [3.8, 4) is 5.75 Å². The van der Waals surface area contributed by atoms with Gasteiger partial charge in [-0.05, 0) is 50.3 Å². The molecule has 0 radical (unpaired) electrons. The third-order valence-corrected chi connectivity index (χ3v) is 5.24. The zero-order valence-corrected chi connectivity index (χ0v) is 19.9. The maximum Gasteiger partial charge on any atom is 0.303 e. The van der Waals surface area contributed by atoms with E-state index in [-0.39, 0.29) is 31.3 Å². The number of carboxylic acid groups (broad SMARTS) is 1. The van der Waals surface area contributed by atoms with Gasteiger partial charge in [-0.1, -0.05) is 32.4 Å². The number of carbonyl (C=O) groups is 3. The van der Waals surface area contributed by atoms with E-state index in [2.05, 4.69) is 10.6 Å². The number of nitrogens with two attached hydrogens (primary N) is 1. The Kier molecular flexibility index (Phi) is 13.1. The third-order valence-electron chi connectivity index (χ3n) is 5.24. The molecule has 33 heavy (non-hydrogen) atoms. The van der Waals surface area contributed by atoms with Crippen molar-refractivity contribution in [1.29, 1.82) is 0 Å². The predicted molar refractivity (Wildman–Crippen MR) is 126 cm³/mol. The highest BCUT2D eigenvalue weighted by atomic mass is 16.5. The van der Waals surface area contributed by atoms with Gasteiger partial charge < -0.3 is 31.3 Å². The van der Waals surface area contributed by atoms with Crippen molar-refractivity contribution in [2.45, 2.75) is 77.5 Å². The van der Waals surface area contributed by atoms with E-state index < -0.39 is 30.1 Å². The fraction of sp³-hybridized carbons (Fsp3) is 0.625. The van der Waals surface area contributed by atoms with Crippen LogP contribution in [0.25, 0.3) is 0 Å². The summed E-state index contributed by atoms with van der Waals surface area (Å²) in [5.74, 6) is -1.23. The summed E-state index contributed by atoms with van der Waals surface area (Å²) in [6, 6.07) is 5.82. The van der Waals surface area contributed by atoms with Gasteiger partial charge in [0.05, 0.1) is 24.8 Å². The molecule has 9 heteroatoms. The van der Waals surface area contributed by atoms with Crippen molar-refractivity contribution in [2.75, 3.05) is 13.2 Å². The lowest BCUT2D eigenvalue weighted by Gasteiger charge is -2.27. The first-order valence-electron chi connectivity index (χ1n) is 11.6. The van der Waals surface area contributed by atoms with Gasteiger partial charge >= 0.3 is 5.97 Å². The van der Waals surface area contributed by atoms with Gasteiger partial charge in [0.2, 0.25) is 11.8 Å². The van der Waals surface area contributed by atoms with Crippen molar-refractivity contribution in [1.82, 2.24) is 10.6 Å². The van der Waals surface area contributed by atoms with Crippen LogP contribution in [0.4, 0.5) is 0 Å². The second-order valence-electron chi connectivity index (χ2n) is 8.45. The molecular weight excluding hydrogens is 426 g/mol. The normalized spacial score (nSPS) is 14.6. The number of nitrogens with one attached hydrogen (secondary N) is 2. The molecular formula is C24H39N3O6. The average Bonchev–Trinajstić information content (AvgIpc) is 2.76. The van der Waals surface area contributed by atoms with Crippen LogP contribution in [0.1, 0.15) is 58.4 Å². The molecule has 0 saturated heterocycles. The maximum atomic E-state index is 12.3. The number of hydrogen-bond donors (Lipinski definition) is 5. The van der Waals surface area contributed by atoms with Crippen molar-refractivity contribution in [3.63, 3.8) is 0 Å². The lowest BCUT2D eigenvalue weighted by molar-refractivity contribution is -0.137. The molecule has 0 aliphatic heterocycles. The summed E-state index contributed by atoms with van der Waals surface area (Å²) < 4.78 is 5.62. The van der Waals surface area contributed by atoms with Crippen molar-refractivity contribution in [3.05, 3.63) is 29.8 Å². The molecule has 0 spiro atoms. The number of amides is 2. The van der Waals surface area contributed by atoms with Gasteiger partial charge in [0.25, 0.3) is 0 Å². The molecule has 6 N–H and O–H groups in total. The van der Waals surface area contributed by atoms with Crippen LogP contribution in [-0.2, 0) is 20.8 Å². The van der Waals surface area contributed by atoms with Crippen molar-refractivity contribution in [2.24, 2.45) is 11.7 Å². The summed E-state index contributed by atoms with van der Waals surface area (Å²) in [6.07, 6.45) is 1.84. The highest BCUT2D eigenvalue weighted by molar-refractivity contribution is 5.81. The number of aliphatic hydroxyl groups is 1. The minimum atomic E-state index is -0.959. The number of benzene rings is 1. The molecule has 0 heterocycles. The van der Waals surface area contributed by atoms with Crippen molar-refractivity contribution < 1.29 is 29.3 Å². The minimum absolute atomic E-state index is 0.0292. The van der Waals surface area contributed by atoms with Gasteiger partial charge in [-0.15, -0.1) is 0 Å². The average molecular weight is 466 g/mol. The van der Waals surface area contributed by atoms with Crippen LogP contribution in [0.15, 0.2) is 24.3 Å². The summed E-state index contributed by atoms with van der Waals surface area (Å²) in [6.45, 7) is 6.23. The quantitative estimate of drug-likeness (QED) is 0.233. The highest BCUT2D eigenvalue weighted by Gasteiger charge is 2.27. The highest BCUT2D eigenvalue weighted by Crippen LogP contribution is 2.18. The van der Waals surface area contributed by atoms with Crippen LogP contribution in [0.3, 0.4) is 0 Å². The van der Waals surface area contributed by atoms with E-state index in [1.165, 1.54) is 0 Å². The van der Waals surface area contributed by atoms with E-state index >= 15 is 0 Å². The van der Waals surface area contributed by atoms with Gasteiger partial charge in [-0.25, -0.2) is 0 Å². The zero-order chi connectivity index (χ0) is 24.8. The van der Waals surface area contributed by atoms with Crippen LogP contribution in [0, 0.1) is 5.92 Å². The number of rotatable bonds is 16. The van der Waals surface area contributed by atoms with E-state index in [1.54, 1.807) is 32.0 Å². The number of aliphatic hydroxyl groups excluding tert-OH is 1. The summed E-state index contributed by atoms with van der Waals surface area (Å²) in [7, 11) is 0. The largest absolute Gasteiger partial charge is 0.494 e. The summed E-state index contributed by atoms with van der Waals surface area (Å²) in [5, 5.41) is 25.2.